The highest BCUT2D eigenvalue weighted by Crippen LogP contribution is 2.35. The fourth-order valence-corrected chi connectivity index (χ4v) is 2.22. The third-order valence-electron chi connectivity index (χ3n) is 2.91. The number of benzene rings is 2. The minimum absolute atomic E-state index is 0.496. The summed E-state index contributed by atoms with van der Waals surface area (Å²) in [6.45, 7) is 1.16. The summed E-state index contributed by atoms with van der Waals surface area (Å²) in [6.07, 6.45) is 0. The maximum absolute atomic E-state index is 6.09. The van der Waals surface area contributed by atoms with E-state index in [0.717, 1.165) is 16.9 Å². The Morgan fingerprint density at radius 3 is 2.55 bits per heavy atom. The van der Waals surface area contributed by atoms with Crippen LogP contribution in [0.4, 0.5) is 0 Å². The highest BCUT2D eigenvalue weighted by atomic mass is 35.5. The van der Waals surface area contributed by atoms with Gasteiger partial charge in [-0.05, 0) is 18.7 Å². The molecule has 0 aliphatic carbocycles. The van der Waals surface area contributed by atoms with Gasteiger partial charge in [-0.25, -0.2) is 0 Å². The molecule has 0 aromatic heterocycles. The second-order valence-electron chi connectivity index (χ2n) is 4.40. The second kappa shape index (κ2) is 7.17. The molecule has 0 saturated carbocycles. The summed E-state index contributed by atoms with van der Waals surface area (Å²) in [5.74, 6) is 1.38. The number of ether oxygens (including phenoxy) is 2. The molecule has 2 aromatic carbocycles. The van der Waals surface area contributed by atoms with Crippen molar-refractivity contribution in [2.24, 2.45) is 0 Å². The van der Waals surface area contributed by atoms with Crippen molar-refractivity contribution in [1.29, 1.82) is 0 Å². The van der Waals surface area contributed by atoms with E-state index >= 15 is 0 Å². The molecule has 0 radical (unpaired) electrons. The summed E-state index contributed by atoms with van der Waals surface area (Å²) in [6, 6.07) is 13.7. The summed E-state index contributed by atoms with van der Waals surface area (Å²) < 4.78 is 11.3. The van der Waals surface area contributed by atoms with Crippen LogP contribution in [0.15, 0.2) is 42.5 Å². The summed E-state index contributed by atoms with van der Waals surface area (Å²) in [5, 5.41) is 3.75. The molecule has 2 rings (SSSR count). The molecule has 0 unspecified atom stereocenters. The second-order valence-corrected chi connectivity index (χ2v) is 4.84. The lowest BCUT2D eigenvalue weighted by Crippen LogP contribution is -2.08. The average molecular weight is 292 g/mol. The molecule has 0 amide bonds. The third kappa shape index (κ3) is 3.65. The Bertz CT molecular complexity index is 558. The van der Waals surface area contributed by atoms with E-state index in [9.17, 15) is 0 Å². The normalized spacial score (nSPS) is 10.3. The standard InChI is InChI=1S/C16H18ClNO2/c1-18-10-13-8-14(17)9-15(19-2)16(13)20-11-12-6-4-3-5-7-12/h3-9,18H,10-11H2,1-2H3. The Morgan fingerprint density at radius 2 is 1.90 bits per heavy atom. The molecule has 3 nitrogen and oxygen atoms in total. The van der Waals surface area contributed by atoms with Gasteiger partial charge in [-0.1, -0.05) is 41.9 Å². The van der Waals surface area contributed by atoms with E-state index in [1.807, 2.05) is 43.4 Å². The first-order chi connectivity index (χ1) is 9.74. The summed E-state index contributed by atoms with van der Waals surface area (Å²) in [4.78, 5) is 0. The molecule has 4 heteroatoms. The molecular weight excluding hydrogens is 274 g/mol. The van der Waals surface area contributed by atoms with Crippen LogP contribution in [0.5, 0.6) is 11.5 Å². The van der Waals surface area contributed by atoms with Crippen molar-refractivity contribution < 1.29 is 9.47 Å². The van der Waals surface area contributed by atoms with Crippen LogP contribution in [0.1, 0.15) is 11.1 Å². The Kier molecular flexibility index (Phi) is 5.27. The van der Waals surface area contributed by atoms with E-state index < -0.39 is 0 Å². The topological polar surface area (TPSA) is 30.5 Å². The van der Waals surface area contributed by atoms with E-state index in [4.69, 9.17) is 21.1 Å². The van der Waals surface area contributed by atoms with E-state index in [1.54, 1.807) is 13.2 Å². The van der Waals surface area contributed by atoms with Crippen LogP contribution in [-0.2, 0) is 13.2 Å². The fourth-order valence-electron chi connectivity index (χ4n) is 1.99. The number of rotatable bonds is 6. The van der Waals surface area contributed by atoms with Crippen molar-refractivity contribution in [2.45, 2.75) is 13.2 Å². The predicted octanol–water partition coefficient (Wildman–Crippen LogP) is 3.65. The first kappa shape index (κ1) is 14.7. The van der Waals surface area contributed by atoms with Gasteiger partial charge in [-0.3, -0.25) is 0 Å². The number of halogens is 1. The molecule has 0 heterocycles. The van der Waals surface area contributed by atoms with Crippen LogP contribution in [0.2, 0.25) is 5.02 Å². The minimum atomic E-state index is 0.496. The van der Waals surface area contributed by atoms with Crippen molar-refractivity contribution in [2.75, 3.05) is 14.2 Å². The van der Waals surface area contributed by atoms with Crippen LogP contribution >= 0.6 is 11.6 Å². The van der Waals surface area contributed by atoms with E-state index in [0.29, 0.717) is 23.9 Å². The fraction of sp³-hybridized carbons (Fsp3) is 0.250. The van der Waals surface area contributed by atoms with Crippen molar-refractivity contribution in [3.05, 3.63) is 58.6 Å². The monoisotopic (exact) mass is 291 g/mol. The van der Waals surface area contributed by atoms with Crippen molar-refractivity contribution in [3.63, 3.8) is 0 Å². The number of hydrogen-bond acceptors (Lipinski definition) is 3. The first-order valence-electron chi connectivity index (χ1n) is 6.42. The molecule has 0 saturated heterocycles. The van der Waals surface area contributed by atoms with Crippen LogP contribution in [-0.4, -0.2) is 14.2 Å². The molecule has 0 atom stereocenters. The van der Waals surface area contributed by atoms with Gasteiger partial charge in [0.2, 0.25) is 0 Å². The third-order valence-corrected chi connectivity index (χ3v) is 3.13. The van der Waals surface area contributed by atoms with Crippen molar-refractivity contribution in [3.8, 4) is 11.5 Å². The van der Waals surface area contributed by atoms with Gasteiger partial charge in [0, 0.05) is 23.2 Å². The Morgan fingerprint density at radius 1 is 1.15 bits per heavy atom. The molecule has 2 aromatic rings. The Balaban J connectivity index is 2.24. The quantitative estimate of drug-likeness (QED) is 0.881. The lowest BCUT2D eigenvalue weighted by atomic mass is 10.1. The molecule has 0 aliphatic heterocycles. The number of nitrogens with one attached hydrogen (secondary N) is 1. The average Bonchev–Trinajstić information content (AvgIpc) is 2.47. The molecule has 20 heavy (non-hydrogen) atoms. The zero-order chi connectivity index (χ0) is 14.4. The molecule has 1 N–H and O–H groups in total. The smallest absolute Gasteiger partial charge is 0.166 e. The van der Waals surface area contributed by atoms with E-state index in [1.165, 1.54) is 0 Å². The summed E-state index contributed by atoms with van der Waals surface area (Å²) >= 11 is 6.09. The zero-order valence-corrected chi connectivity index (χ0v) is 12.4. The van der Waals surface area contributed by atoms with Crippen molar-refractivity contribution in [1.82, 2.24) is 5.32 Å². The highest BCUT2D eigenvalue weighted by Gasteiger charge is 2.12. The largest absolute Gasteiger partial charge is 0.493 e. The van der Waals surface area contributed by atoms with Crippen molar-refractivity contribution >= 4 is 11.6 Å². The van der Waals surface area contributed by atoms with E-state index in [2.05, 4.69) is 5.32 Å². The summed E-state index contributed by atoms with van der Waals surface area (Å²) in [5.41, 5.74) is 2.09. The molecule has 0 aliphatic rings. The first-order valence-corrected chi connectivity index (χ1v) is 6.80. The van der Waals surface area contributed by atoms with E-state index in [-0.39, 0.29) is 0 Å². The van der Waals surface area contributed by atoms with Crippen LogP contribution in [0.25, 0.3) is 0 Å². The maximum atomic E-state index is 6.09. The minimum Gasteiger partial charge on any atom is -0.493 e. The number of methoxy groups -OCH3 is 1. The molecule has 0 spiro atoms. The van der Waals surface area contributed by atoms with Crippen LogP contribution in [0, 0.1) is 0 Å². The summed E-state index contributed by atoms with van der Waals surface area (Å²) in [7, 11) is 3.50. The van der Waals surface area contributed by atoms with Gasteiger partial charge in [-0.15, -0.1) is 0 Å². The Labute approximate surface area is 124 Å². The van der Waals surface area contributed by atoms with Gasteiger partial charge < -0.3 is 14.8 Å². The van der Waals surface area contributed by atoms with Gasteiger partial charge in [-0.2, -0.15) is 0 Å². The molecule has 106 valence electrons. The van der Waals surface area contributed by atoms with Gasteiger partial charge >= 0.3 is 0 Å². The highest BCUT2D eigenvalue weighted by molar-refractivity contribution is 6.30. The van der Waals surface area contributed by atoms with Crippen LogP contribution in [0.3, 0.4) is 0 Å². The molecule has 0 fully saturated rings. The SMILES string of the molecule is CNCc1cc(Cl)cc(OC)c1OCc1ccccc1. The number of hydrogen-bond donors (Lipinski definition) is 1. The molecule has 0 bridgehead atoms. The predicted molar refractivity (Wildman–Crippen MR) is 81.5 cm³/mol. The van der Waals surface area contributed by atoms with Gasteiger partial charge in [0.1, 0.15) is 6.61 Å². The molecular formula is C16H18ClNO2. The zero-order valence-electron chi connectivity index (χ0n) is 11.7. The Hall–Kier alpha value is -1.71. The lowest BCUT2D eigenvalue weighted by Gasteiger charge is -2.15. The maximum Gasteiger partial charge on any atom is 0.166 e. The van der Waals surface area contributed by atoms with Crippen LogP contribution < -0.4 is 14.8 Å². The lowest BCUT2D eigenvalue weighted by molar-refractivity contribution is 0.281. The van der Waals surface area contributed by atoms with Gasteiger partial charge in [0.15, 0.2) is 11.5 Å². The van der Waals surface area contributed by atoms with Gasteiger partial charge in [0.05, 0.1) is 7.11 Å². The van der Waals surface area contributed by atoms with Gasteiger partial charge in [0.25, 0.3) is 0 Å².